The highest BCUT2D eigenvalue weighted by Crippen LogP contribution is 2.66. The second-order valence-corrected chi connectivity index (χ2v) is 6.01. The number of ether oxygens (including phenoxy) is 2. The number of hydrogen-bond acceptors (Lipinski definition) is 6. The first-order chi connectivity index (χ1) is 10.1. The lowest BCUT2D eigenvalue weighted by atomic mass is 9.52. The molecule has 6 heteroatoms. The molecule has 108 valence electrons. The van der Waals surface area contributed by atoms with Crippen molar-refractivity contribution in [1.29, 1.82) is 21.2 Å². The molecule has 2 saturated heterocycles. The van der Waals surface area contributed by atoms with Crippen LogP contribution in [-0.4, -0.2) is 17.8 Å². The number of nitriles is 3. The van der Waals surface area contributed by atoms with E-state index in [0.717, 1.165) is 12.8 Å². The minimum Gasteiger partial charge on any atom is -0.447 e. The average Bonchev–Trinajstić information content (AvgIpc) is 2.72. The van der Waals surface area contributed by atoms with Crippen molar-refractivity contribution in [3.8, 4) is 18.2 Å². The summed E-state index contributed by atoms with van der Waals surface area (Å²) in [5, 5.41) is 37.5. The van der Waals surface area contributed by atoms with Crippen LogP contribution in [0.3, 0.4) is 0 Å². The second-order valence-electron chi connectivity index (χ2n) is 6.01. The molecule has 3 rings (SSSR count). The van der Waals surface area contributed by atoms with Crippen LogP contribution in [0, 0.1) is 56.2 Å². The van der Waals surface area contributed by atoms with Crippen LogP contribution in [0.2, 0.25) is 0 Å². The Balaban J connectivity index is 2.30. The first-order valence-electron chi connectivity index (χ1n) is 7.26. The molecule has 21 heavy (non-hydrogen) atoms. The summed E-state index contributed by atoms with van der Waals surface area (Å²) < 4.78 is 11.8. The largest absolute Gasteiger partial charge is 0.447 e. The fraction of sp³-hybridized carbons (Fsp3) is 0.733. The first-order valence-corrected chi connectivity index (χ1v) is 7.26. The van der Waals surface area contributed by atoms with Crippen LogP contribution in [0.15, 0.2) is 0 Å². The maximum Gasteiger partial charge on any atom is 0.217 e. The van der Waals surface area contributed by atoms with Gasteiger partial charge in [0, 0.05) is 6.42 Å². The molecule has 1 saturated carbocycles. The van der Waals surface area contributed by atoms with Gasteiger partial charge in [-0.3, -0.25) is 5.41 Å². The molecule has 3 fully saturated rings. The van der Waals surface area contributed by atoms with E-state index in [9.17, 15) is 15.8 Å². The molecule has 2 bridgehead atoms. The summed E-state index contributed by atoms with van der Waals surface area (Å²) in [5.74, 6) is -1.68. The summed E-state index contributed by atoms with van der Waals surface area (Å²) in [5.41, 5.74) is -3.20. The maximum atomic E-state index is 9.86. The van der Waals surface area contributed by atoms with E-state index in [1.807, 2.05) is 19.1 Å². The highest BCUT2D eigenvalue weighted by molar-refractivity contribution is 5.89. The van der Waals surface area contributed by atoms with Crippen molar-refractivity contribution in [2.75, 3.05) is 0 Å². The van der Waals surface area contributed by atoms with Crippen molar-refractivity contribution in [2.45, 2.75) is 50.9 Å². The lowest BCUT2D eigenvalue weighted by Gasteiger charge is -2.51. The van der Waals surface area contributed by atoms with Crippen LogP contribution in [-0.2, 0) is 9.47 Å². The first kappa shape index (κ1) is 13.9. The molecule has 2 heterocycles. The zero-order valence-electron chi connectivity index (χ0n) is 11.8. The Bertz CT molecular complexity index is 611. The van der Waals surface area contributed by atoms with E-state index >= 15 is 0 Å². The van der Waals surface area contributed by atoms with E-state index in [1.165, 1.54) is 0 Å². The topological polar surface area (TPSA) is 114 Å². The molecule has 2 aliphatic heterocycles. The Kier molecular flexibility index (Phi) is 2.77. The van der Waals surface area contributed by atoms with Crippen molar-refractivity contribution < 1.29 is 9.47 Å². The number of nitrogens with one attached hydrogen (secondary N) is 1. The second kappa shape index (κ2) is 4.20. The minimum atomic E-state index is -1.68. The SMILES string of the molecule is CC[C@H]1O[C@@]23CCCC[C@@H]2[C@@](C#N)(C(=N)O3)C1(C#N)C#N. The monoisotopic (exact) mass is 284 g/mol. The normalized spacial score (nSPS) is 42.9. The van der Waals surface area contributed by atoms with Gasteiger partial charge in [0.1, 0.15) is 0 Å². The van der Waals surface area contributed by atoms with Gasteiger partial charge in [-0.2, -0.15) is 15.8 Å². The molecule has 0 amide bonds. The smallest absolute Gasteiger partial charge is 0.217 e. The van der Waals surface area contributed by atoms with Crippen molar-refractivity contribution in [3.05, 3.63) is 0 Å². The third kappa shape index (κ3) is 1.26. The number of hydrogen-bond donors (Lipinski definition) is 1. The summed E-state index contributed by atoms with van der Waals surface area (Å²) in [6, 6.07) is 6.17. The fourth-order valence-corrected chi connectivity index (χ4v) is 4.35. The predicted octanol–water partition coefficient (Wildman–Crippen LogP) is 2.23. The Morgan fingerprint density at radius 1 is 1.24 bits per heavy atom. The maximum absolute atomic E-state index is 9.86. The molecule has 3 aliphatic rings. The predicted molar refractivity (Wildman–Crippen MR) is 70.4 cm³/mol. The lowest BCUT2D eigenvalue weighted by molar-refractivity contribution is -0.291. The van der Waals surface area contributed by atoms with Crippen LogP contribution in [0.5, 0.6) is 0 Å². The molecular weight excluding hydrogens is 268 g/mol. The van der Waals surface area contributed by atoms with Gasteiger partial charge in [0.15, 0.2) is 10.8 Å². The molecule has 4 atom stereocenters. The quantitative estimate of drug-likeness (QED) is 0.793. The lowest BCUT2D eigenvalue weighted by Crippen LogP contribution is -2.63. The number of rotatable bonds is 1. The van der Waals surface area contributed by atoms with Crippen LogP contribution in [0.25, 0.3) is 0 Å². The summed E-state index contributed by atoms with van der Waals surface area (Å²) in [7, 11) is 0. The fourth-order valence-electron chi connectivity index (χ4n) is 4.35. The molecule has 1 aliphatic carbocycles. The Hall–Kier alpha value is -2.10. The molecule has 0 aromatic rings. The van der Waals surface area contributed by atoms with Crippen LogP contribution >= 0.6 is 0 Å². The standard InChI is InChI=1S/C15H16N4O2/c1-2-11-13(7-16,8-17)14(9-18)10-5-3-4-6-15(10,20-11)21-12(14)19/h10-11,19H,2-6H2,1H3/t10-,11-,14+,15-/m1/s1. The molecule has 0 unspecified atom stereocenters. The van der Waals surface area contributed by atoms with Crippen molar-refractivity contribution in [3.63, 3.8) is 0 Å². The molecule has 0 aromatic carbocycles. The Morgan fingerprint density at radius 2 is 1.95 bits per heavy atom. The minimum absolute atomic E-state index is 0.268. The molecule has 0 aromatic heterocycles. The third-order valence-corrected chi connectivity index (χ3v) is 5.30. The molecular formula is C15H16N4O2. The molecule has 6 nitrogen and oxygen atoms in total. The zero-order chi connectivity index (χ0) is 15.3. The average molecular weight is 284 g/mol. The van der Waals surface area contributed by atoms with Crippen molar-refractivity contribution in [2.24, 2.45) is 16.7 Å². The van der Waals surface area contributed by atoms with Gasteiger partial charge in [0.05, 0.1) is 30.2 Å². The van der Waals surface area contributed by atoms with E-state index < -0.39 is 28.6 Å². The van der Waals surface area contributed by atoms with Gasteiger partial charge in [0.25, 0.3) is 0 Å². The summed E-state index contributed by atoms with van der Waals surface area (Å²) in [6.07, 6.45) is 2.73. The van der Waals surface area contributed by atoms with Crippen LogP contribution < -0.4 is 0 Å². The van der Waals surface area contributed by atoms with Gasteiger partial charge < -0.3 is 9.47 Å². The highest BCUT2D eigenvalue weighted by Gasteiger charge is 2.79. The van der Waals surface area contributed by atoms with Gasteiger partial charge in [-0.15, -0.1) is 0 Å². The van der Waals surface area contributed by atoms with Gasteiger partial charge in [0.2, 0.25) is 11.7 Å². The van der Waals surface area contributed by atoms with Crippen molar-refractivity contribution >= 4 is 5.90 Å². The van der Waals surface area contributed by atoms with Gasteiger partial charge in [-0.25, -0.2) is 0 Å². The van der Waals surface area contributed by atoms with E-state index in [1.54, 1.807) is 0 Å². The summed E-state index contributed by atoms with van der Waals surface area (Å²) >= 11 is 0. The Labute approximate surface area is 123 Å². The zero-order valence-corrected chi connectivity index (χ0v) is 11.8. The molecule has 1 N–H and O–H groups in total. The van der Waals surface area contributed by atoms with Gasteiger partial charge in [-0.1, -0.05) is 13.3 Å². The third-order valence-electron chi connectivity index (χ3n) is 5.30. The number of nitrogens with zero attached hydrogens (tertiary/aromatic N) is 3. The summed E-state index contributed by atoms with van der Waals surface area (Å²) in [4.78, 5) is 0. The molecule has 0 radical (unpaired) electrons. The van der Waals surface area contributed by atoms with Crippen LogP contribution in [0.1, 0.15) is 39.0 Å². The van der Waals surface area contributed by atoms with E-state index in [2.05, 4.69) is 6.07 Å². The van der Waals surface area contributed by atoms with E-state index in [0.29, 0.717) is 19.3 Å². The van der Waals surface area contributed by atoms with Gasteiger partial charge in [-0.05, 0) is 19.3 Å². The summed E-state index contributed by atoms with van der Waals surface area (Å²) in [6.45, 7) is 1.82. The van der Waals surface area contributed by atoms with Crippen LogP contribution in [0.4, 0.5) is 0 Å². The highest BCUT2D eigenvalue weighted by atomic mass is 16.7. The Morgan fingerprint density at radius 3 is 2.52 bits per heavy atom. The van der Waals surface area contributed by atoms with Gasteiger partial charge >= 0.3 is 0 Å². The van der Waals surface area contributed by atoms with Crippen molar-refractivity contribution in [1.82, 2.24) is 0 Å². The van der Waals surface area contributed by atoms with E-state index in [4.69, 9.17) is 14.9 Å². The van der Waals surface area contributed by atoms with E-state index in [-0.39, 0.29) is 5.90 Å². The molecule has 0 spiro atoms.